The largest absolute Gasteiger partial charge is 0.465 e. The molecule has 124 valence electrons. The minimum Gasteiger partial charge on any atom is -0.465 e. The molecule has 0 aliphatic rings. The second-order valence-electron chi connectivity index (χ2n) is 5.33. The Balaban J connectivity index is 2.11. The number of methoxy groups -OCH3 is 1. The van der Waals surface area contributed by atoms with Crippen LogP contribution in [0.4, 0.5) is 5.69 Å². The summed E-state index contributed by atoms with van der Waals surface area (Å²) in [4.78, 5) is 14.7. The van der Waals surface area contributed by atoms with Gasteiger partial charge >= 0.3 is 5.97 Å². The Kier molecular flexibility index (Phi) is 6.32. The van der Waals surface area contributed by atoms with Crippen molar-refractivity contribution in [2.75, 3.05) is 39.6 Å². The van der Waals surface area contributed by atoms with Crippen LogP contribution in [0.25, 0.3) is 10.1 Å². The molecule has 0 radical (unpaired) electrons. The Hall–Kier alpha value is -1.70. The van der Waals surface area contributed by atoms with Gasteiger partial charge in [0.2, 0.25) is 0 Å². The van der Waals surface area contributed by atoms with Crippen molar-refractivity contribution < 1.29 is 9.53 Å². The van der Waals surface area contributed by atoms with Gasteiger partial charge in [0.1, 0.15) is 4.88 Å². The minimum atomic E-state index is -0.357. The molecule has 0 atom stereocenters. The number of benzene rings is 1. The molecule has 2 rings (SSSR count). The van der Waals surface area contributed by atoms with E-state index in [-0.39, 0.29) is 5.97 Å². The third kappa shape index (κ3) is 4.63. The zero-order valence-corrected chi connectivity index (χ0v) is 15.1. The van der Waals surface area contributed by atoms with Crippen molar-refractivity contribution in [3.8, 4) is 0 Å². The Morgan fingerprint density at radius 1 is 1.35 bits per heavy atom. The van der Waals surface area contributed by atoms with E-state index in [0.29, 0.717) is 15.7 Å². The van der Waals surface area contributed by atoms with Gasteiger partial charge in [-0.2, -0.15) is 0 Å². The third-order valence-corrected chi connectivity index (χ3v) is 4.67. The molecule has 2 N–H and O–H groups in total. The van der Waals surface area contributed by atoms with Crippen LogP contribution in [0.1, 0.15) is 16.1 Å². The average Bonchev–Trinajstić information content (AvgIpc) is 2.89. The molecule has 0 saturated heterocycles. The molecule has 0 saturated carbocycles. The number of hydrogen-bond donors (Lipinski definition) is 2. The summed E-state index contributed by atoms with van der Waals surface area (Å²) in [6.07, 6.45) is 0.989. The zero-order chi connectivity index (χ0) is 16.8. The molecule has 2 aromatic rings. The zero-order valence-electron chi connectivity index (χ0n) is 13.5. The topological polar surface area (TPSA) is 53.6 Å². The summed E-state index contributed by atoms with van der Waals surface area (Å²) in [7, 11) is 5.46. The lowest BCUT2D eigenvalue weighted by molar-refractivity contribution is 0.0607. The van der Waals surface area contributed by atoms with E-state index in [1.807, 2.05) is 38.4 Å². The van der Waals surface area contributed by atoms with E-state index in [9.17, 15) is 4.79 Å². The summed E-state index contributed by atoms with van der Waals surface area (Å²) in [5.41, 5.74) is 0.711. The first-order chi connectivity index (χ1) is 11.0. The summed E-state index contributed by atoms with van der Waals surface area (Å²) in [6.45, 7) is 1.77. The fourth-order valence-corrected chi connectivity index (χ4v) is 3.44. The summed E-state index contributed by atoms with van der Waals surface area (Å²) in [5, 5.41) is 7.80. The Morgan fingerprint density at radius 3 is 2.78 bits per heavy atom. The van der Waals surface area contributed by atoms with Crippen molar-refractivity contribution in [3.63, 3.8) is 0 Å². The number of nitrogens with one attached hydrogen (secondary N) is 2. The van der Waals surface area contributed by atoms with Gasteiger partial charge in [0.15, 0.2) is 5.11 Å². The summed E-state index contributed by atoms with van der Waals surface area (Å²) in [5.74, 6) is -0.357. The normalized spacial score (nSPS) is 10.8. The van der Waals surface area contributed by atoms with Crippen LogP contribution in [0.5, 0.6) is 0 Å². The highest BCUT2D eigenvalue weighted by atomic mass is 32.1. The molecular formula is C16H21N3O2S2. The van der Waals surface area contributed by atoms with E-state index in [1.54, 1.807) is 0 Å². The van der Waals surface area contributed by atoms with E-state index in [1.165, 1.54) is 18.4 Å². The standard InChI is InChI=1S/C16H21N3O2S2/c1-19(2)10-6-9-17-16(22)18-13-11-7-4-5-8-12(11)23-14(13)15(20)21-3/h4-5,7-8H,6,9-10H2,1-3H3,(H2,17,18,22). The minimum absolute atomic E-state index is 0.357. The number of thiocarbonyl (C=S) groups is 1. The summed E-state index contributed by atoms with van der Waals surface area (Å²) in [6, 6.07) is 7.83. The van der Waals surface area contributed by atoms with Gasteiger partial charge in [-0.05, 0) is 45.3 Å². The van der Waals surface area contributed by atoms with Crippen LogP contribution in [0, 0.1) is 0 Å². The van der Waals surface area contributed by atoms with Gasteiger partial charge in [-0.15, -0.1) is 11.3 Å². The predicted molar refractivity (Wildman–Crippen MR) is 101 cm³/mol. The van der Waals surface area contributed by atoms with Crippen molar-refractivity contribution in [1.82, 2.24) is 10.2 Å². The second kappa shape index (κ2) is 8.24. The fraction of sp³-hybridized carbons (Fsp3) is 0.375. The molecular weight excluding hydrogens is 330 g/mol. The first-order valence-electron chi connectivity index (χ1n) is 7.32. The van der Waals surface area contributed by atoms with Crippen LogP contribution in [-0.2, 0) is 4.74 Å². The van der Waals surface area contributed by atoms with Gasteiger partial charge in [-0.3, -0.25) is 0 Å². The van der Waals surface area contributed by atoms with Crippen LogP contribution < -0.4 is 10.6 Å². The first kappa shape index (κ1) is 17.7. The number of hydrogen-bond acceptors (Lipinski definition) is 5. The van der Waals surface area contributed by atoms with Crippen LogP contribution >= 0.6 is 23.6 Å². The lowest BCUT2D eigenvalue weighted by Crippen LogP contribution is -2.31. The van der Waals surface area contributed by atoms with E-state index < -0.39 is 0 Å². The third-order valence-electron chi connectivity index (χ3n) is 3.27. The molecule has 23 heavy (non-hydrogen) atoms. The smallest absolute Gasteiger partial charge is 0.350 e. The summed E-state index contributed by atoms with van der Waals surface area (Å²) < 4.78 is 5.89. The highest BCUT2D eigenvalue weighted by Crippen LogP contribution is 2.36. The average molecular weight is 351 g/mol. The molecule has 0 bridgehead atoms. The number of carbonyl (C=O) groups excluding carboxylic acids is 1. The molecule has 0 spiro atoms. The molecule has 1 aromatic heterocycles. The maximum atomic E-state index is 12.0. The molecule has 0 unspecified atom stereocenters. The van der Waals surface area contributed by atoms with Gasteiger partial charge in [-0.1, -0.05) is 18.2 Å². The SMILES string of the molecule is COC(=O)c1sc2ccccc2c1NC(=S)NCCCN(C)C. The Morgan fingerprint density at radius 2 is 2.09 bits per heavy atom. The van der Waals surface area contributed by atoms with Crippen molar-refractivity contribution >= 4 is 50.4 Å². The predicted octanol–water partition coefficient (Wildman–Crippen LogP) is 2.93. The molecule has 0 fully saturated rings. The monoisotopic (exact) mass is 351 g/mol. The van der Waals surface area contributed by atoms with E-state index >= 15 is 0 Å². The number of rotatable bonds is 6. The molecule has 1 heterocycles. The second-order valence-corrected chi connectivity index (χ2v) is 6.79. The number of fused-ring (bicyclic) bond motifs is 1. The Bertz CT molecular complexity index is 698. The molecule has 7 heteroatoms. The Labute approximate surface area is 145 Å². The van der Waals surface area contributed by atoms with Gasteiger partial charge in [0, 0.05) is 16.6 Å². The maximum Gasteiger partial charge on any atom is 0.350 e. The lowest BCUT2D eigenvalue weighted by atomic mass is 10.2. The highest BCUT2D eigenvalue weighted by Gasteiger charge is 2.19. The van der Waals surface area contributed by atoms with E-state index in [4.69, 9.17) is 17.0 Å². The van der Waals surface area contributed by atoms with Gasteiger partial charge < -0.3 is 20.3 Å². The van der Waals surface area contributed by atoms with Gasteiger partial charge in [0.05, 0.1) is 12.8 Å². The highest BCUT2D eigenvalue weighted by molar-refractivity contribution is 7.80. The number of nitrogens with zero attached hydrogens (tertiary/aromatic N) is 1. The van der Waals surface area contributed by atoms with Crippen LogP contribution in [0.2, 0.25) is 0 Å². The van der Waals surface area contributed by atoms with Crippen molar-refractivity contribution in [2.45, 2.75) is 6.42 Å². The van der Waals surface area contributed by atoms with Crippen molar-refractivity contribution in [3.05, 3.63) is 29.1 Å². The lowest BCUT2D eigenvalue weighted by Gasteiger charge is -2.13. The van der Waals surface area contributed by atoms with E-state index in [0.717, 1.165) is 29.6 Å². The van der Waals surface area contributed by atoms with Crippen molar-refractivity contribution in [1.29, 1.82) is 0 Å². The van der Waals surface area contributed by atoms with Gasteiger partial charge in [-0.25, -0.2) is 4.79 Å². The number of thiophene rings is 1. The van der Waals surface area contributed by atoms with Crippen LogP contribution in [0.15, 0.2) is 24.3 Å². The molecule has 0 aliphatic heterocycles. The molecule has 1 aromatic carbocycles. The van der Waals surface area contributed by atoms with Crippen LogP contribution in [-0.4, -0.2) is 50.3 Å². The van der Waals surface area contributed by atoms with Crippen molar-refractivity contribution in [2.24, 2.45) is 0 Å². The number of ether oxygens (including phenoxy) is 1. The van der Waals surface area contributed by atoms with Gasteiger partial charge in [0.25, 0.3) is 0 Å². The number of anilines is 1. The van der Waals surface area contributed by atoms with E-state index in [2.05, 4.69) is 15.5 Å². The fourth-order valence-electron chi connectivity index (χ4n) is 2.16. The first-order valence-corrected chi connectivity index (χ1v) is 8.55. The van der Waals surface area contributed by atoms with Crippen LogP contribution in [0.3, 0.4) is 0 Å². The molecule has 0 amide bonds. The molecule has 5 nitrogen and oxygen atoms in total. The number of carbonyl (C=O) groups is 1. The maximum absolute atomic E-state index is 12.0. The quantitative estimate of drug-likeness (QED) is 0.474. The summed E-state index contributed by atoms with van der Waals surface area (Å²) >= 11 is 6.74. The number of esters is 1. The molecule has 0 aliphatic carbocycles.